The van der Waals surface area contributed by atoms with E-state index in [0.717, 1.165) is 31.4 Å². The second-order valence-electron chi connectivity index (χ2n) is 9.10. The van der Waals surface area contributed by atoms with Crippen molar-refractivity contribution in [2.75, 3.05) is 23.3 Å². The average molecular weight is 449 g/mol. The zero-order valence-electron chi connectivity index (χ0n) is 18.8. The van der Waals surface area contributed by atoms with Gasteiger partial charge in [-0.2, -0.15) is 0 Å². The number of amides is 3. The topological polar surface area (TPSA) is 105 Å². The standard InChI is InChI=1S/C26H32N4O3/c27-24(31)19-13-15-30(16-14-19)23-12-5-4-10-22(23)29-26(33)25(32)28-21-11-6-9-20(21)17-18-7-2-1-3-8-18/h1-5,7-8,10,12,19-21H,6,9,11,13-17H2,(H2,27,31)(H,28,32)(H,29,33). The molecule has 0 radical (unpaired) electrons. The predicted molar refractivity (Wildman–Crippen MR) is 129 cm³/mol. The van der Waals surface area contributed by atoms with Gasteiger partial charge in [0.2, 0.25) is 5.91 Å². The second-order valence-corrected chi connectivity index (χ2v) is 9.10. The van der Waals surface area contributed by atoms with Gasteiger partial charge in [0.05, 0.1) is 11.4 Å². The molecule has 0 aromatic heterocycles. The van der Waals surface area contributed by atoms with Gasteiger partial charge in [-0.25, -0.2) is 0 Å². The van der Waals surface area contributed by atoms with Gasteiger partial charge in [0.15, 0.2) is 0 Å². The first-order valence-corrected chi connectivity index (χ1v) is 11.8. The molecule has 2 aliphatic rings. The lowest BCUT2D eigenvalue weighted by molar-refractivity contribution is -0.136. The normalized spacial score (nSPS) is 20.9. The molecular formula is C26H32N4O3. The van der Waals surface area contributed by atoms with E-state index >= 15 is 0 Å². The van der Waals surface area contributed by atoms with Crippen LogP contribution in [0.3, 0.4) is 0 Å². The molecule has 2 atom stereocenters. The molecule has 1 saturated heterocycles. The number of anilines is 2. The van der Waals surface area contributed by atoms with Crippen molar-refractivity contribution in [3.05, 3.63) is 60.2 Å². The minimum absolute atomic E-state index is 0.00604. The van der Waals surface area contributed by atoms with E-state index in [0.29, 0.717) is 37.5 Å². The molecule has 1 saturated carbocycles. The summed E-state index contributed by atoms with van der Waals surface area (Å²) in [4.78, 5) is 39.0. The number of primary amides is 1. The third kappa shape index (κ3) is 5.72. The molecule has 1 heterocycles. The summed E-state index contributed by atoms with van der Waals surface area (Å²) in [5.74, 6) is -1.28. The molecule has 2 unspecified atom stereocenters. The van der Waals surface area contributed by atoms with E-state index in [4.69, 9.17) is 5.73 Å². The first-order chi connectivity index (χ1) is 16.0. The van der Waals surface area contributed by atoms with Gasteiger partial charge >= 0.3 is 11.8 Å². The molecule has 2 aromatic carbocycles. The Labute approximate surface area is 194 Å². The van der Waals surface area contributed by atoms with Crippen molar-refractivity contribution in [2.45, 2.75) is 44.6 Å². The summed E-state index contributed by atoms with van der Waals surface area (Å²) < 4.78 is 0. The van der Waals surface area contributed by atoms with Crippen LogP contribution >= 0.6 is 0 Å². The van der Waals surface area contributed by atoms with Crippen molar-refractivity contribution in [3.63, 3.8) is 0 Å². The molecule has 4 rings (SSSR count). The summed E-state index contributed by atoms with van der Waals surface area (Å²) in [5.41, 5.74) is 8.14. The number of rotatable bonds is 6. The third-order valence-corrected chi connectivity index (χ3v) is 6.91. The number of hydrogen-bond donors (Lipinski definition) is 3. The maximum absolute atomic E-state index is 12.7. The van der Waals surface area contributed by atoms with E-state index < -0.39 is 11.8 Å². The summed E-state index contributed by atoms with van der Waals surface area (Å²) in [6, 6.07) is 17.7. The van der Waals surface area contributed by atoms with E-state index in [-0.39, 0.29) is 17.9 Å². The number of para-hydroxylation sites is 2. The van der Waals surface area contributed by atoms with Crippen molar-refractivity contribution >= 4 is 29.1 Å². The van der Waals surface area contributed by atoms with Gasteiger partial charge in [-0.1, -0.05) is 48.9 Å². The highest BCUT2D eigenvalue weighted by Crippen LogP contribution is 2.31. The number of piperidine rings is 1. The zero-order chi connectivity index (χ0) is 23.2. The van der Waals surface area contributed by atoms with E-state index in [1.807, 2.05) is 36.4 Å². The predicted octanol–water partition coefficient (Wildman–Crippen LogP) is 2.85. The maximum Gasteiger partial charge on any atom is 0.313 e. The van der Waals surface area contributed by atoms with Crippen molar-refractivity contribution in [2.24, 2.45) is 17.6 Å². The van der Waals surface area contributed by atoms with Gasteiger partial charge in [0.1, 0.15) is 0 Å². The van der Waals surface area contributed by atoms with E-state index in [1.165, 1.54) is 5.56 Å². The van der Waals surface area contributed by atoms with Crippen LogP contribution in [-0.2, 0) is 20.8 Å². The fourth-order valence-electron chi connectivity index (χ4n) is 5.06. The molecule has 174 valence electrons. The van der Waals surface area contributed by atoms with Crippen LogP contribution in [0.1, 0.15) is 37.7 Å². The Morgan fingerprint density at radius 3 is 2.30 bits per heavy atom. The first-order valence-electron chi connectivity index (χ1n) is 11.8. The van der Waals surface area contributed by atoms with Crippen LogP contribution in [0, 0.1) is 11.8 Å². The van der Waals surface area contributed by atoms with Crippen LogP contribution in [-0.4, -0.2) is 36.9 Å². The lowest BCUT2D eigenvalue weighted by Gasteiger charge is -2.33. The SMILES string of the molecule is NC(=O)C1CCN(c2ccccc2NC(=O)C(=O)NC2CCCC2Cc2ccccc2)CC1. The van der Waals surface area contributed by atoms with Crippen LogP contribution in [0.2, 0.25) is 0 Å². The van der Waals surface area contributed by atoms with Crippen molar-refractivity contribution in [3.8, 4) is 0 Å². The summed E-state index contributed by atoms with van der Waals surface area (Å²) >= 11 is 0. The largest absolute Gasteiger partial charge is 0.370 e. The zero-order valence-corrected chi connectivity index (χ0v) is 18.8. The Balaban J connectivity index is 1.35. The van der Waals surface area contributed by atoms with E-state index in [1.54, 1.807) is 6.07 Å². The van der Waals surface area contributed by atoms with Crippen LogP contribution in [0.15, 0.2) is 54.6 Å². The lowest BCUT2D eigenvalue weighted by atomic mass is 9.94. The molecule has 33 heavy (non-hydrogen) atoms. The van der Waals surface area contributed by atoms with Gasteiger partial charge in [0, 0.05) is 25.0 Å². The minimum atomic E-state index is -0.653. The van der Waals surface area contributed by atoms with Crippen molar-refractivity contribution in [1.29, 1.82) is 0 Å². The number of nitrogens with two attached hydrogens (primary N) is 1. The summed E-state index contributed by atoms with van der Waals surface area (Å²) in [6.07, 6.45) is 5.25. The Kier molecular flexibility index (Phi) is 7.27. The Morgan fingerprint density at radius 1 is 0.879 bits per heavy atom. The minimum Gasteiger partial charge on any atom is -0.370 e. The molecule has 3 amide bonds. The number of nitrogens with zero attached hydrogens (tertiary/aromatic N) is 1. The molecule has 7 heteroatoms. The van der Waals surface area contributed by atoms with Gasteiger partial charge in [-0.15, -0.1) is 0 Å². The molecular weight excluding hydrogens is 416 g/mol. The summed E-state index contributed by atoms with van der Waals surface area (Å²) in [7, 11) is 0. The molecule has 0 spiro atoms. The smallest absolute Gasteiger partial charge is 0.313 e. The van der Waals surface area contributed by atoms with Gasteiger partial charge in [-0.3, -0.25) is 14.4 Å². The average Bonchev–Trinajstić information content (AvgIpc) is 3.26. The molecule has 2 fully saturated rings. The van der Waals surface area contributed by atoms with Crippen LogP contribution in [0.25, 0.3) is 0 Å². The van der Waals surface area contributed by atoms with E-state index in [2.05, 4.69) is 27.7 Å². The molecule has 7 nitrogen and oxygen atoms in total. The highest BCUT2D eigenvalue weighted by molar-refractivity contribution is 6.40. The van der Waals surface area contributed by atoms with Gasteiger partial charge < -0.3 is 21.3 Å². The number of carbonyl (C=O) groups excluding carboxylic acids is 3. The molecule has 4 N–H and O–H groups in total. The fourth-order valence-corrected chi connectivity index (χ4v) is 5.06. The second kappa shape index (κ2) is 10.5. The van der Waals surface area contributed by atoms with Gasteiger partial charge in [-0.05, 0) is 55.7 Å². The summed E-state index contributed by atoms with van der Waals surface area (Å²) in [6.45, 7) is 1.35. The maximum atomic E-state index is 12.7. The molecule has 1 aliphatic carbocycles. The highest BCUT2D eigenvalue weighted by atomic mass is 16.2. The number of carbonyl (C=O) groups is 3. The number of benzene rings is 2. The Morgan fingerprint density at radius 2 is 1.58 bits per heavy atom. The van der Waals surface area contributed by atoms with Crippen molar-refractivity contribution < 1.29 is 14.4 Å². The molecule has 0 bridgehead atoms. The molecule has 1 aliphatic heterocycles. The van der Waals surface area contributed by atoms with Crippen LogP contribution in [0.4, 0.5) is 11.4 Å². The van der Waals surface area contributed by atoms with Crippen LogP contribution < -0.4 is 21.3 Å². The Hall–Kier alpha value is -3.35. The number of hydrogen-bond acceptors (Lipinski definition) is 4. The lowest BCUT2D eigenvalue weighted by Crippen LogP contribution is -2.44. The highest BCUT2D eigenvalue weighted by Gasteiger charge is 2.31. The first kappa shape index (κ1) is 22.8. The van der Waals surface area contributed by atoms with Gasteiger partial charge in [0.25, 0.3) is 0 Å². The van der Waals surface area contributed by atoms with E-state index in [9.17, 15) is 14.4 Å². The number of nitrogens with one attached hydrogen (secondary N) is 2. The fraction of sp³-hybridized carbons (Fsp3) is 0.423. The Bertz CT molecular complexity index is 986. The monoisotopic (exact) mass is 448 g/mol. The third-order valence-electron chi connectivity index (χ3n) is 6.91. The van der Waals surface area contributed by atoms with Crippen LogP contribution in [0.5, 0.6) is 0 Å². The summed E-state index contributed by atoms with van der Waals surface area (Å²) in [5, 5.41) is 5.77. The quantitative estimate of drug-likeness (QED) is 0.591. The molecule has 2 aromatic rings. The van der Waals surface area contributed by atoms with Crippen molar-refractivity contribution in [1.82, 2.24) is 5.32 Å².